The van der Waals surface area contributed by atoms with Crippen molar-refractivity contribution in [2.24, 2.45) is 10.2 Å². The Morgan fingerprint density at radius 3 is 2.11 bits per heavy atom. The molecule has 0 bridgehead atoms. The maximum atomic E-state index is 14.1. The molecule has 6 N–H and O–H groups in total. The molecule has 0 saturated heterocycles. The zero-order valence-electron chi connectivity index (χ0n) is 27.3. The number of hydrogen-bond acceptors (Lipinski definition) is 15. The summed E-state index contributed by atoms with van der Waals surface area (Å²) < 4.78 is 110. The van der Waals surface area contributed by atoms with Gasteiger partial charge in [-0.15, -0.1) is 10.2 Å². The number of phenolic OH excluding ortho intramolecular Hbond substituents is 1. The van der Waals surface area contributed by atoms with E-state index in [1.807, 2.05) is 0 Å². The Hall–Kier alpha value is -5.78. The van der Waals surface area contributed by atoms with Gasteiger partial charge in [0, 0.05) is 22.6 Å². The summed E-state index contributed by atoms with van der Waals surface area (Å²) in [4.78, 5) is 16.7. The zero-order valence-corrected chi connectivity index (χ0v) is 30.4. The molecule has 24 heteroatoms. The van der Waals surface area contributed by atoms with Crippen molar-refractivity contribution < 1.29 is 44.2 Å². The van der Waals surface area contributed by atoms with Crippen molar-refractivity contribution in [1.29, 1.82) is 0 Å². The normalized spacial score (nSPS) is 12.0. The summed E-state index contributed by atoms with van der Waals surface area (Å²) in [5.74, 6) is -5.11. The molecule has 4 aromatic carbocycles. The van der Waals surface area contributed by atoms with Crippen molar-refractivity contribution in [3.05, 3.63) is 99.9 Å². The molecule has 6 rings (SSSR count). The largest absolute Gasteiger partial charge is 0.505 e. The Kier molecular flexibility index (Phi) is 10.7. The SMILES string of the molecule is Cc1cc2c(S(=O)(=O)O)ccc(Nc3nc(Cl)nc(Nc4ccc(Cl)cc4)n3)c2c(O)c1N=Nc1cc(CNc2nc(F)nc(F)c2F)ccc1S(=O)(=O)O. The van der Waals surface area contributed by atoms with Gasteiger partial charge in [0.1, 0.15) is 21.2 Å². The van der Waals surface area contributed by atoms with E-state index >= 15 is 0 Å². The van der Waals surface area contributed by atoms with Gasteiger partial charge in [-0.2, -0.15) is 54.9 Å². The number of phenols is 1. The number of halogens is 5. The first-order valence-corrected chi connectivity index (χ1v) is 18.6. The van der Waals surface area contributed by atoms with Crippen LogP contribution in [0.4, 0.5) is 53.6 Å². The summed E-state index contributed by atoms with van der Waals surface area (Å²) in [7, 11) is -9.83. The Morgan fingerprint density at radius 2 is 1.44 bits per heavy atom. The minimum atomic E-state index is -4.95. The minimum Gasteiger partial charge on any atom is -0.505 e. The minimum absolute atomic E-state index is 0.0215. The van der Waals surface area contributed by atoms with Crippen LogP contribution < -0.4 is 16.0 Å². The van der Waals surface area contributed by atoms with Crippen LogP contribution in [0.15, 0.2) is 80.7 Å². The van der Waals surface area contributed by atoms with Gasteiger partial charge in [0.05, 0.1) is 11.1 Å². The van der Waals surface area contributed by atoms with E-state index in [4.69, 9.17) is 23.2 Å². The van der Waals surface area contributed by atoms with Gasteiger partial charge in [0.15, 0.2) is 11.6 Å². The lowest BCUT2D eigenvalue weighted by molar-refractivity contribution is 0.429. The number of aromatic nitrogens is 5. The molecule has 2 heterocycles. The topological polar surface area (TPSA) is 254 Å². The molecule has 0 spiro atoms. The summed E-state index contributed by atoms with van der Waals surface area (Å²) >= 11 is 12.1. The van der Waals surface area contributed by atoms with Crippen molar-refractivity contribution in [3.8, 4) is 5.75 Å². The lowest BCUT2D eigenvalue weighted by Crippen LogP contribution is -2.09. The summed E-state index contributed by atoms with van der Waals surface area (Å²) in [5.41, 5.74) is -0.138. The number of aromatic hydroxyl groups is 1. The van der Waals surface area contributed by atoms with Crippen LogP contribution in [0.3, 0.4) is 0 Å². The third-order valence-electron chi connectivity index (χ3n) is 7.44. The Labute approximate surface area is 317 Å². The highest BCUT2D eigenvalue weighted by Crippen LogP contribution is 2.45. The number of hydrogen-bond donors (Lipinski definition) is 6. The number of nitrogens with one attached hydrogen (secondary N) is 3. The summed E-state index contributed by atoms with van der Waals surface area (Å²) in [5, 5.41) is 27.3. The van der Waals surface area contributed by atoms with Crippen molar-refractivity contribution in [1.82, 2.24) is 24.9 Å². The molecule has 2 aromatic heterocycles. The van der Waals surface area contributed by atoms with E-state index in [2.05, 4.69) is 51.1 Å². The molecule has 0 amide bonds. The van der Waals surface area contributed by atoms with Crippen LogP contribution in [0.25, 0.3) is 10.8 Å². The molecule has 0 fully saturated rings. The Bertz CT molecular complexity index is 2770. The predicted octanol–water partition coefficient (Wildman–Crippen LogP) is 7.56. The molecule has 0 radical (unpaired) electrons. The van der Waals surface area contributed by atoms with Crippen molar-refractivity contribution in [2.45, 2.75) is 23.3 Å². The number of azo groups is 1. The van der Waals surface area contributed by atoms with Crippen molar-refractivity contribution in [3.63, 3.8) is 0 Å². The van der Waals surface area contributed by atoms with Gasteiger partial charge in [-0.05, 0) is 84.2 Å². The third-order valence-corrected chi connectivity index (χ3v) is 9.67. The van der Waals surface area contributed by atoms with Crippen molar-refractivity contribution >= 4 is 94.7 Å². The van der Waals surface area contributed by atoms with Crippen LogP contribution in [0, 0.1) is 24.8 Å². The fourth-order valence-corrected chi connectivity index (χ4v) is 6.63. The number of benzene rings is 4. The average molecular weight is 838 g/mol. The van der Waals surface area contributed by atoms with E-state index in [9.17, 15) is 44.2 Å². The van der Waals surface area contributed by atoms with Crippen molar-refractivity contribution in [2.75, 3.05) is 16.0 Å². The first-order chi connectivity index (χ1) is 25.9. The fourth-order valence-electron chi connectivity index (χ4n) is 5.06. The summed E-state index contributed by atoms with van der Waals surface area (Å²) in [6.07, 6.45) is -1.56. The van der Waals surface area contributed by atoms with E-state index in [-0.39, 0.29) is 50.5 Å². The lowest BCUT2D eigenvalue weighted by atomic mass is 10.0. The van der Waals surface area contributed by atoms with E-state index < -0.39 is 71.7 Å². The standard InChI is InChI=1S/C31H21Cl2F3N10O7S2/c1-13-10-17-20(54(48,49)50)9-7-18(39-31-43-28(33)42-30(44-31)38-16-5-3-15(32)4-6-16)22(17)25(47)24(13)46-45-19-11-14(2-8-21(19)55(51,52)53)12-37-27-23(34)26(35)40-29(36)41-27/h2-11,47H,12H2,1H3,(H,37,40,41)(H,48,49,50)(H,51,52,53)(H2,38,39,42,43,44). The monoisotopic (exact) mass is 836 g/mol. The first-order valence-electron chi connectivity index (χ1n) is 15.0. The second-order valence-electron chi connectivity index (χ2n) is 11.2. The fraction of sp³-hybridized carbons (Fsp3) is 0.0645. The van der Waals surface area contributed by atoms with Gasteiger partial charge in [0.25, 0.3) is 26.2 Å². The van der Waals surface area contributed by atoms with Crippen LogP contribution in [0.2, 0.25) is 10.3 Å². The van der Waals surface area contributed by atoms with E-state index in [0.29, 0.717) is 10.7 Å². The van der Waals surface area contributed by atoms with Gasteiger partial charge >= 0.3 is 6.08 Å². The maximum absolute atomic E-state index is 14.1. The van der Waals surface area contributed by atoms with Gasteiger partial charge < -0.3 is 21.1 Å². The molecule has 0 aliphatic carbocycles. The number of nitrogens with zero attached hydrogens (tertiary/aromatic N) is 7. The highest BCUT2D eigenvalue weighted by Gasteiger charge is 2.23. The van der Waals surface area contributed by atoms with Crippen LogP contribution in [-0.2, 0) is 26.8 Å². The first kappa shape index (κ1) is 38.9. The molecule has 0 atom stereocenters. The molecular formula is C31H21Cl2F3N10O7S2. The third kappa shape index (κ3) is 8.80. The van der Waals surface area contributed by atoms with Crippen LogP contribution in [-0.4, -0.2) is 56.0 Å². The zero-order chi connectivity index (χ0) is 39.8. The predicted molar refractivity (Wildman–Crippen MR) is 193 cm³/mol. The van der Waals surface area contributed by atoms with Gasteiger partial charge in [-0.1, -0.05) is 17.7 Å². The molecule has 55 heavy (non-hydrogen) atoms. The molecule has 6 aromatic rings. The summed E-state index contributed by atoms with van der Waals surface area (Å²) in [6.45, 7) is 0.993. The number of rotatable bonds is 11. The lowest BCUT2D eigenvalue weighted by Gasteiger charge is -2.15. The average Bonchev–Trinajstić information content (AvgIpc) is 3.08. The molecule has 0 unspecified atom stereocenters. The maximum Gasteiger partial charge on any atom is 0.313 e. The van der Waals surface area contributed by atoms with E-state index in [1.54, 1.807) is 24.3 Å². The molecular weight excluding hydrogens is 816 g/mol. The molecule has 17 nitrogen and oxygen atoms in total. The molecule has 0 aliphatic rings. The molecule has 0 aliphatic heterocycles. The van der Waals surface area contributed by atoms with E-state index in [0.717, 1.165) is 24.3 Å². The molecule has 0 saturated carbocycles. The molecule has 284 valence electrons. The highest BCUT2D eigenvalue weighted by molar-refractivity contribution is 7.86. The van der Waals surface area contributed by atoms with Crippen LogP contribution in [0.5, 0.6) is 5.75 Å². The Morgan fingerprint density at radius 1 is 0.782 bits per heavy atom. The van der Waals surface area contributed by atoms with Crippen LogP contribution >= 0.6 is 23.2 Å². The van der Waals surface area contributed by atoms with E-state index in [1.165, 1.54) is 19.1 Å². The quantitative estimate of drug-likeness (QED) is 0.0319. The Balaban J connectivity index is 1.42. The summed E-state index contributed by atoms with van der Waals surface area (Å²) in [6, 6.07) is 13.1. The number of aryl methyl sites for hydroxylation is 1. The van der Waals surface area contributed by atoms with Gasteiger partial charge in [-0.3, -0.25) is 9.11 Å². The van der Waals surface area contributed by atoms with Crippen LogP contribution in [0.1, 0.15) is 11.1 Å². The van der Waals surface area contributed by atoms with Gasteiger partial charge in [0.2, 0.25) is 23.0 Å². The highest BCUT2D eigenvalue weighted by atomic mass is 35.5. The smallest absolute Gasteiger partial charge is 0.313 e. The van der Waals surface area contributed by atoms with Gasteiger partial charge in [-0.25, -0.2) is 0 Å². The second kappa shape index (κ2) is 15.2. The number of anilines is 5. The number of fused-ring (bicyclic) bond motifs is 1. The second-order valence-corrected chi connectivity index (χ2v) is 14.7.